The number of rotatable bonds is 1. The first kappa shape index (κ1) is 17.5. The lowest BCUT2D eigenvalue weighted by Gasteiger charge is -2.27. The molecule has 0 atom stereocenters. The highest BCUT2D eigenvalue weighted by Crippen LogP contribution is 2.42. The summed E-state index contributed by atoms with van der Waals surface area (Å²) in [5.41, 5.74) is 4.15. The topological polar surface area (TPSA) is 20.2 Å². The Kier molecular flexibility index (Phi) is 4.15. The lowest BCUT2D eigenvalue weighted by atomic mass is 9.78. The minimum Gasteiger partial charge on any atom is -0.507 e. The summed E-state index contributed by atoms with van der Waals surface area (Å²) in [6.07, 6.45) is 0. The first-order valence-corrected chi connectivity index (χ1v) is 8.94. The summed E-state index contributed by atoms with van der Waals surface area (Å²) >= 11 is 0. The summed E-state index contributed by atoms with van der Waals surface area (Å²) in [6, 6.07) is 19.1. The number of hydrogen-bond donors (Lipinski definition) is 1. The minimum absolute atomic E-state index is 0.0271. The van der Waals surface area contributed by atoms with Crippen LogP contribution in [0.2, 0.25) is 0 Å². The number of aromatic hydroxyl groups is 1. The highest BCUT2D eigenvalue weighted by atomic mass is 16.3. The second kappa shape index (κ2) is 5.91. The smallest absolute Gasteiger partial charge is 0.127 e. The fraction of sp³-hybridized carbons (Fsp3) is 0.333. The van der Waals surface area contributed by atoms with E-state index in [0.717, 1.165) is 16.7 Å². The van der Waals surface area contributed by atoms with Crippen LogP contribution in [0.5, 0.6) is 5.75 Å². The molecule has 0 aromatic heterocycles. The zero-order valence-electron chi connectivity index (χ0n) is 16.1. The zero-order valence-corrected chi connectivity index (χ0v) is 16.1. The van der Waals surface area contributed by atoms with Crippen molar-refractivity contribution in [2.45, 2.75) is 52.4 Å². The quantitative estimate of drug-likeness (QED) is 0.519. The third-order valence-corrected chi connectivity index (χ3v) is 4.84. The van der Waals surface area contributed by atoms with Crippen LogP contribution >= 0.6 is 0 Å². The third-order valence-electron chi connectivity index (χ3n) is 4.84. The molecule has 0 unspecified atom stereocenters. The van der Waals surface area contributed by atoms with Crippen LogP contribution < -0.4 is 0 Å². The Hall–Kier alpha value is -2.28. The van der Waals surface area contributed by atoms with Gasteiger partial charge in [-0.25, -0.2) is 0 Å². The predicted octanol–water partition coefficient (Wildman–Crippen LogP) is 6.81. The van der Waals surface area contributed by atoms with Gasteiger partial charge in [0.1, 0.15) is 5.75 Å². The number of phenols is 1. The van der Waals surface area contributed by atoms with Crippen LogP contribution in [-0.2, 0) is 10.8 Å². The molecular formula is C24H28O. The molecule has 0 aliphatic heterocycles. The van der Waals surface area contributed by atoms with Gasteiger partial charge in [-0.1, -0.05) is 84.0 Å². The van der Waals surface area contributed by atoms with Crippen LogP contribution in [0.4, 0.5) is 0 Å². The van der Waals surface area contributed by atoms with Gasteiger partial charge >= 0.3 is 0 Å². The van der Waals surface area contributed by atoms with E-state index in [1.54, 1.807) is 0 Å². The van der Waals surface area contributed by atoms with Crippen molar-refractivity contribution in [3.05, 3.63) is 65.7 Å². The molecule has 25 heavy (non-hydrogen) atoms. The second-order valence-corrected chi connectivity index (χ2v) is 8.98. The molecule has 0 saturated carbocycles. The van der Waals surface area contributed by atoms with Gasteiger partial charge in [-0.2, -0.15) is 0 Å². The van der Waals surface area contributed by atoms with Gasteiger partial charge in [0.25, 0.3) is 0 Å². The number of benzene rings is 3. The molecule has 0 aliphatic rings. The summed E-state index contributed by atoms with van der Waals surface area (Å²) in [5.74, 6) is 0.399. The van der Waals surface area contributed by atoms with Crippen molar-refractivity contribution in [2.75, 3.05) is 0 Å². The largest absolute Gasteiger partial charge is 0.507 e. The van der Waals surface area contributed by atoms with E-state index < -0.39 is 0 Å². The van der Waals surface area contributed by atoms with Crippen LogP contribution in [0, 0.1) is 0 Å². The number of fused-ring (bicyclic) bond motifs is 1. The van der Waals surface area contributed by atoms with Gasteiger partial charge in [0.05, 0.1) is 0 Å². The van der Waals surface area contributed by atoms with E-state index in [1.165, 1.54) is 16.3 Å². The normalized spacial score (nSPS) is 12.6. The van der Waals surface area contributed by atoms with Gasteiger partial charge in [-0.3, -0.25) is 0 Å². The van der Waals surface area contributed by atoms with E-state index in [-0.39, 0.29) is 10.8 Å². The van der Waals surface area contributed by atoms with Gasteiger partial charge in [-0.05, 0) is 44.9 Å². The van der Waals surface area contributed by atoms with E-state index in [9.17, 15) is 5.11 Å². The maximum atomic E-state index is 11.0. The number of hydrogen-bond acceptors (Lipinski definition) is 1. The number of phenolic OH excluding ortho intramolecular Hbond substituents is 1. The Morgan fingerprint density at radius 2 is 1.32 bits per heavy atom. The monoisotopic (exact) mass is 332 g/mol. The molecule has 0 heterocycles. The molecule has 1 N–H and O–H groups in total. The van der Waals surface area contributed by atoms with Crippen molar-refractivity contribution in [3.8, 4) is 16.9 Å². The highest BCUT2D eigenvalue weighted by molar-refractivity contribution is 5.88. The lowest BCUT2D eigenvalue weighted by Crippen LogP contribution is -2.17. The van der Waals surface area contributed by atoms with E-state index in [4.69, 9.17) is 0 Å². The van der Waals surface area contributed by atoms with E-state index >= 15 is 0 Å². The molecule has 1 nitrogen and oxygen atoms in total. The maximum Gasteiger partial charge on any atom is 0.127 e. The standard InChI is InChI=1S/C24H28O/c1-23(2,3)19-14-20(22(25)21(15-19)24(4,5)6)18-12-11-16-9-7-8-10-17(16)13-18/h7-15,25H,1-6H3. The van der Waals surface area contributed by atoms with Crippen molar-refractivity contribution in [1.82, 2.24) is 0 Å². The van der Waals surface area contributed by atoms with Crippen molar-refractivity contribution >= 4 is 10.8 Å². The van der Waals surface area contributed by atoms with Gasteiger partial charge in [-0.15, -0.1) is 0 Å². The minimum atomic E-state index is -0.114. The third kappa shape index (κ3) is 3.42. The van der Waals surface area contributed by atoms with Gasteiger partial charge in [0.15, 0.2) is 0 Å². The van der Waals surface area contributed by atoms with Gasteiger partial charge < -0.3 is 5.11 Å². The summed E-state index contributed by atoms with van der Waals surface area (Å²) < 4.78 is 0. The summed E-state index contributed by atoms with van der Waals surface area (Å²) in [5, 5.41) is 13.4. The Balaban J connectivity index is 2.29. The van der Waals surface area contributed by atoms with Crippen LogP contribution in [0.25, 0.3) is 21.9 Å². The molecule has 0 saturated heterocycles. The molecule has 1 heteroatoms. The molecule has 130 valence electrons. The zero-order chi connectivity index (χ0) is 18.4. The molecule has 0 radical (unpaired) electrons. The van der Waals surface area contributed by atoms with Gasteiger partial charge in [0, 0.05) is 11.1 Å². The molecule has 0 aliphatic carbocycles. The van der Waals surface area contributed by atoms with Crippen LogP contribution in [-0.4, -0.2) is 5.11 Å². The van der Waals surface area contributed by atoms with E-state index in [2.05, 4.69) is 96.1 Å². The molecule has 0 bridgehead atoms. The van der Waals surface area contributed by atoms with Crippen molar-refractivity contribution in [3.63, 3.8) is 0 Å². The van der Waals surface area contributed by atoms with Crippen molar-refractivity contribution < 1.29 is 5.11 Å². The highest BCUT2D eigenvalue weighted by Gasteiger charge is 2.25. The first-order valence-electron chi connectivity index (χ1n) is 8.94. The van der Waals surface area contributed by atoms with Gasteiger partial charge in [0.2, 0.25) is 0 Å². The average molecular weight is 332 g/mol. The van der Waals surface area contributed by atoms with Crippen LogP contribution in [0.3, 0.4) is 0 Å². The molecule has 0 amide bonds. The van der Waals surface area contributed by atoms with Crippen molar-refractivity contribution in [2.24, 2.45) is 0 Å². The Labute approximate surface area is 151 Å². The molecule has 0 fully saturated rings. The Bertz CT molecular complexity index is 921. The van der Waals surface area contributed by atoms with Crippen LogP contribution in [0.1, 0.15) is 52.7 Å². The maximum absolute atomic E-state index is 11.0. The van der Waals surface area contributed by atoms with E-state index in [0.29, 0.717) is 5.75 Å². The predicted molar refractivity (Wildman–Crippen MR) is 108 cm³/mol. The molecular weight excluding hydrogens is 304 g/mol. The Morgan fingerprint density at radius 1 is 0.680 bits per heavy atom. The molecule has 3 rings (SSSR count). The fourth-order valence-corrected chi connectivity index (χ4v) is 3.22. The van der Waals surface area contributed by atoms with Crippen molar-refractivity contribution in [1.29, 1.82) is 0 Å². The van der Waals surface area contributed by atoms with E-state index in [1.807, 2.05) is 0 Å². The summed E-state index contributed by atoms with van der Waals surface area (Å²) in [4.78, 5) is 0. The molecule has 3 aromatic carbocycles. The lowest BCUT2D eigenvalue weighted by molar-refractivity contribution is 0.446. The summed E-state index contributed by atoms with van der Waals surface area (Å²) in [7, 11) is 0. The van der Waals surface area contributed by atoms with Crippen LogP contribution in [0.15, 0.2) is 54.6 Å². The molecule has 0 spiro atoms. The first-order chi connectivity index (χ1) is 11.6. The summed E-state index contributed by atoms with van der Waals surface area (Å²) in [6.45, 7) is 13.1. The fourth-order valence-electron chi connectivity index (χ4n) is 3.22. The Morgan fingerprint density at radius 3 is 1.92 bits per heavy atom. The SMILES string of the molecule is CC(C)(C)c1cc(-c2ccc3ccccc3c2)c(O)c(C(C)(C)C)c1. The molecule has 3 aromatic rings. The average Bonchev–Trinajstić information content (AvgIpc) is 2.52. The second-order valence-electron chi connectivity index (χ2n) is 8.98.